The average molecular weight is 268 g/mol. The Kier molecular flexibility index (Phi) is 2.95. The number of ketones is 1. The molecule has 0 fully saturated rings. The van der Waals surface area contributed by atoms with Crippen LogP contribution >= 0.6 is 0 Å². The van der Waals surface area contributed by atoms with E-state index < -0.39 is 0 Å². The van der Waals surface area contributed by atoms with Crippen molar-refractivity contribution in [3.8, 4) is 0 Å². The van der Waals surface area contributed by atoms with Gasteiger partial charge in [0, 0.05) is 17.1 Å². The van der Waals surface area contributed by atoms with Crippen LogP contribution in [0.25, 0.3) is 11.0 Å². The summed E-state index contributed by atoms with van der Waals surface area (Å²) in [6.45, 7) is 1.65. The molecule has 0 amide bonds. The zero-order valence-corrected chi connectivity index (χ0v) is 10.9. The van der Waals surface area contributed by atoms with Crippen molar-refractivity contribution >= 4 is 16.8 Å². The van der Waals surface area contributed by atoms with E-state index in [9.17, 15) is 9.59 Å². The Bertz CT molecular complexity index is 812. The molecule has 0 bridgehead atoms. The van der Waals surface area contributed by atoms with Gasteiger partial charge in [-0.2, -0.15) is 0 Å². The third-order valence-corrected chi connectivity index (χ3v) is 3.03. The number of Topliss-reactive ketones (excluding diaryl/α,β-unsaturated/α-hetero) is 1. The quantitative estimate of drug-likeness (QED) is 0.683. The second-order valence-electron chi connectivity index (χ2n) is 4.57. The topological polar surface area (TPSA) is 65.1 Å². The molecule has 0 atom stereocenters. The molecule has 0 saturated carbocycles. The standard InChI is InChI=1S/C15H12N2O3/c1-10-6-15(19)17(9-16-10)8-12(18)14-7-11-4-2-3-5-13(11)20-14/h2-7,9H,8H2,1H3. The van der Waals surface area contributed by atoms with Gasteiger partial charge < -0.3 is 4.42 Å². The number of carbonyl (C=O) groups excluding carboxylic acids is 1. The summed E-state index contributed by atoms with van der Waals surface area (Å²) >= 11 is 0. The van der Waals surface area contributed by atoms with Crippen LogP contribution in [0.2, 0.25) is 0 Å². The molecule has 0 spiro atoms. The number of aromatic nitrogens is 2. The van der Waals surface area contributed by atoms with Gasteiger partial charge in [0.15, 0.2) is 5.76 Å². The number of benzene rings is 1. The van der Waals surface area contributed by atoms with E-state index in [1.54, 1.807) is 19.1 Å². The maximum Gasteiger partial charge on any atom is 0.253 e. The van der Waals surface area contributed by atoms with Crippen LogP contribution in [-0.4, -0.2) is 15.3 Å². The van der Waals surface area contributed by atoms with Crippen molar-refractivity contribution in [1.29, 1.82) is 0 Å². The molecule has 0 aliphatic heterocycles. The minimum absolute atomic E-state index is 0.0774. The monoisotopic (exact) mass is 268 g/mol. The molecule has 0 radical (unpaired) electrons. The number of rotatable bonds is 3. The van der Waals surface area contributed by atoms with E-state index in [1.807, 2.05) is 18.2 Å². The summed E-state index contributed by atoms with van der Waals surface area (Å²) in [4.78, 5) is 27.9. The number of hydrogen-bond acceptors (Lipinski definition) is 4. The Morgan fingerprint density at radius 3 is 2.85 bits per heavy atom. The molecule has 5 heteroatoms. The van der Waals surface area contributed by atoms with E-state index in [0.717, 1.165) is 5.39 Å². The van der Waals surface area contributed by atoms with Crippen LogP contribution in [0.15, 0.2) is 51.9 Å². The molecular formula is C15H12N2O3. The first-order chi connectivity index (χ1) is 9.63. The highest BCUT2D eigenvalue weighted by Gasteiger charge is 2.13. The van der Waals surface area contributed by atoms with Crippen LogP contribution in [0.3, 0.4) is 0 Å². The maximum absolute atomic E-state index is 12.1. The van der Waals surface area contributed by atoms with Crippen LogP contribution in [0.5, 0.6) is 0 Å². The Morgan fingerprint density at radius 2 is 2.10 bits per heavy atom. The number of furan rings is 1. The fourth-order valence-corrected chi connectivity index (χ4v) is 1.99. The number of nitrogens with zero attached hydrogens (tertiary/aromatic N) is 2. The summed E-state index contributed by atoms with van der Waals surface area (Å²) in [6.07, 6.45) is 1.37. The molecule has 20 heavy (non-hydrogen) atoms. The Labute approximate surface area is 114 Å². The van der Waals surface area contributed by atoms with Gasteiger partial charge in [-0.3, -0.25) is 14.2 Å². The highest BCUT2D eigenvalue weighted by molar-refractivity contribution is 5.97. The Morgan fingerprint density at radius 1 is 1.30 bits per heavy atom. The number of aryl methyl sites for hydroxylation is 1. The maximum atomic E-state index is 12.1. The summed E-state index contributed by atoms with van der Waals surface area (Å²) in [7, 11) is 0. The van der Waals surface area contributed by atoms with Crippen molar-refractivity contribution in [2.24, 2.45) is 0 Å². The number of fused-ring (bicyclic) bond motifs is 1. The van der Waals surface area contributed by atoms with E-state index >= 15 is 0 Å². The van der Waals surface area contributed by atoms with Gasteiger partial charge >= 0.3 is 0 Å². The fraction of sp³-hybridized carbons (Fsp3) is 0.133. The van der Waals surface area contributed by atoms with Gasteiger partial charge in [0.1, 0.15) is 5.58 Å². The van der Waals surface area contributed by atoms with Crippen molar-refractivity contribution in [2.75, 3.05) is 0 Å². The summed E-state index contributed by atoms with van der Waals surface area (Å²) < 4.78 is 6.75. The third-order valence-electron chi connectivity index (χ3n) is 3.03. The van der Waals surface area contributed by atoms with E-state index in [-0.39, 0.29) is 23.6 Å². The minimum atomic E-state index is -0.256. The summed E-state index contributed by atoms with van der Waals surface area (Å²) in [5.74, 6) is -0.00683. The van der Waals surface area contributed by atoms with Gasteiger partial charge in [0.05, 0.1) is 12.9 Å². The van der Waals surface area contributed by atoms with E-state index in [4.69, 9.17) is 4.42 Å². The lowest BCUT2D eigenvalue weighted by atomic mass is 10.2. The second-order valence-corrected chi connectivity index (χ2v) is 4.57. The predicted molar refractivity (Wildman–Crippen MR) is 73.8 cm³/mol. The van der Waals surface area contributed by atoms with Crippen LogP contribution in [0, 0.1) is 6.92 Å². The molecule has 5 nitrogen and oxygen atoms in total. The molecular weight excluding hydrogens is 256 g/mol. The van der Waals surface area contributed by atoms with E-state index in [0.29, 0.717) is 11.3 Å². The van der Waals surface area contributed by atoms with Gasteiger partial charge in [-0.25, -0.2) is 4.98 Å². The SMILES string of the molecule is Cc1cc(=O)n(CC(=O)c2cc3ccccc3o2)cn1. The average Bonchev–Trinajstić information content (AvgIpc) is 2.86. The highest BCUT2D eigenvalue weighted by atomic mass is 16.3. The Hall–Kier alpha value is -2.69. The summed E-state index contributed by atoms with van der Waals surface area (Å²) in [6, 6.07) is 10.5. The molecule has 0 unspecified atom stereocenters. The van der Waals surface area contributed by atoms with Gasteiger partial charge in [-0.15, -0.1) is 0 Å². The van der Waals surface area contributed by atoms with E-state index in [1.165, 1.54) is 17.0 Å². The third kappa shape index (κ3) is 2.25. The zero-order valence-electron chi connectivity index (χ0n) is 10.9. The van der Waals surface area contributed by atoms with Crippen molar-refractivity contribution in [1.82, 2.24) is 9.55 Å². The molecule has 100 valence electrons. The first kappa shape index (κ1) is 12.3. The predicted octanol–water partition coefficient (Wildman–Crippen LogP) is 2.18. The first-order valence-corrected chi connectivity index (χ1v) is 6.18. The largest absolute Gasteiger partial charge is 0.453 e. The van der Waals surface area contributed by atoms with Crippen LogP contribution in [0.1, 0.15) is 16.2 Å². The van der Waals surface area contributed by atoms with Crippen molar-refractivity contribution in [3.63, 3.8) is 0 Å². The van der Waals surface area contributed by atoms with Gasteiger partial charge in [-0.1, -0.05) is 18.2 Å². The Balaban J connectivity index is 1.90. The number of hydrogen-bond donors (Lipinski definition) is 0. The number of carbonyl (C=O) groups is 1. The minimum Gasteiger partial charge on any atom is -0.453 e. The van der Waals surface area contributed by atoms with Crippen LogP contribution in [0.4, 0.5) is 0 Å². The summed E-state index contributed by atoms with van der Waals surface area (Å²) in [5, 5.41) is 0.866. The van der Waals surface area contributed by atoms with Gasteiger partial charge in [-0.05, 0) is 19.1 Å². The molecule has 2 aromatic heterocycles. The molecule has 0 N–H and O–H groups in total. The normalized spacial score (nSPS) is 10.8. The molecule has 1 aromatic carbocycles. The van der Waals surface area contributed by atoms with Crippen molar-refractivity contribution < 1.29 is 9.21 Å². The lowest BCUT2D eigenvalue weighted by molar-refractivity contribution is 0.0945. The first-order valence-electron chi connectivity index (χ1n) is 6.18. The van der Waals surface area contributed by atoms with Gasteiger partial charge in [0.25, 0.3) is 5.56 Å². The smallest absolute Gasteiger partial charge is 0.253 e. The number of para-hydroxylation sites is 1. The molecule has 0 saturated heterocycles. The summed E-state index contributed by atoms with van der Waals surface area (Å²) in [5.41, 5.74) is 1.04. The highest BCUT2D eigenvalue weighted by Crippen LogP contribution is 2.19. The fourth-order valence-electron chi connectivity index (χ4n) is 1.99. The molecule has 0 aliphatic rings. The van der Waals surface area contributed by atoms with Crippen molar-refractivity contribution in [2.45, 2.75) is 13.5 Å². The molecule has 0 aliphatic carbocycles. The van der Waals surface area contributed by atoms with Crippen molar-refractivity contribution in [3.05, 3.63) is 64.5 Å². The molecule has 3 aromatic rings. The zero-order chi connectivity index (χ0) is 14.1. The van der Waals surface area contributed by atoms with Crippen LogP contribution in [-0.2, 0) is 6.54 Å². The van der Waals surface area contributed by atoms with Gasteiger partial charge in [0.2, 0.25) is 5.78 Å². The molecule has 3 rings (SSSR count). The van der Waals surface area contributed by atoms with E-state index in [2.05, 4.69) is 4.98 Å². The lowest BCUT2D eigenvalue weighted by Crippen LogP contribution is -2.24. The van der Waals surface area contributed by atoms with Crippen LogP contribution < -0.4 is 5.56 Å². The molecule has 2 heterocycles. The lowest BCUT2D eigenvalue weighted by Gasteiger charge is -2.02. The second kappa shape index (κ2) is 4.77.